The Morgan fingerprint density at radius 3 is 2.27 bits per heavy atom. The molecule has 7 nitrogen and oxygen atoms in total. The first kappa shape index (κ1) is 19.8. The molecule has 0 radical (unpaired) electrons. The molecule has 2 heterocycles. The zero-order valence-corrected chi connectivity index (χ0v) is 16.8. The lowest BCUT2D eigenvalue weighted by Gasteiger charge is -2.34. The summed E-state index contributed by atoms with van der Waals surface area (Å²) in [4.78, 5) is 28.9. The highest BCUT2D eigenvalue weighted by molar-refractivity contribution is 5.94. The van der Waals surface area contributed by atoms with Crippen LogP contribution in [0.5, 0.6) is 0 Å². The average molecular weight is 403 g/mol. The summed E-state index contributed by atoms with van der Waals surface area (Å²) < 4.78 is 1.78. The zero-order chi connectivity index (χ0) is 20.8. The molecule has 0 unspecified atom stereocenters. The third-order valence-electron chi connectivity index (χ3n) is 5.15. The van der Waals surface area contributed by atoms with Crippen LogP contribution in [0.15, 0.2) is 73.1 Å². The second-order valence-electron chi connectivity index (χ2n) is 7.39. The molecular formula is C23H25N5O2. The van der Waals surface area contributed by atoms with Crippen molar-refractivity contribution in [3.63, 3.8) is 0 Å². The van der Waals surface area contributed by atoms with E-state index in [2.05, 4.69) is 15.3 Å². The number of hydrogen-bond donors (Lipinski definition) is 1. The minimum Gasteiger partial charge on any atom is -0.336 e. The van der Waals surface area contributed by atoms with Crippen molar-refractivity contribution in [2.45, 2.75) is 6.54 Å². The maximum Gasteiger partial charge on any atom is 0.257 e. The van der Waals surface area contributed by atoms with Gasteiger partial charge in [0.25, 0.3) is 5.91 Å². The Kier molecular flexibility index (Phi) is 6.20. The minimum atomic E-state index is -0.0387. The molecule has 7 heteroatoms. The van der Waals surface area contributed by atoms with Crippen molar-refractivity contribution in [2.75, 3.05) is 38.0 Å². The monoisotopic (exact) mass is 403 g/mol. The molecule has 154 valence electrons. The maximum absolute atomic E-state index is 12.8. The molecule has 0 saturated carbocycles. The molecule has 1 aliphatic rings. The summed E-state index contributed by atoms with van der Waals surface area (Å²) in [6, 6.07) is 19.5. The van der Waals surface area contributed by atoms with Gasteiger partial charge in [-0.2, -0.15) is 5.10 Å². The average Bonchev–Trinajstić information content (AvgIpc) is 3.23. The Morgan fingerprint density at radius 1 is 0.900 bits per heavy atom. The number of para-hydroxylation sites is 1. The van der Waals surface area contributed by atoms with Gasteiger partial charge in [0.15, 0.2) is 0 Å². The topological polar surface area (TPSA) is 70.5 Å². The van der Waals surface area contributed by atoms with Gasteiger partial charge in [0.1, 0.15) is 0 Å². The third kappa shape index (κ3) is 5.12. The smallest absolute Gasteiger partial charge is 0.257 e. The second kappa shape index (κ2) is 9.37. The lowest BCUT2D eigenvalue weighted by molar-refractivity contribution is -0.117. The van der Waals surface area contributed by atoms with Crippen molar-refractivity contribution in [3.05, 3.63) is 84.2 Å². The van der Waals surface area contributed by atoms with Gasteiger partial charge in [0.05, 0.1) is 24.8 Å². The maximum atomic E-state index is 12.8. The van der Waals surface area contributed by atoms with Gasteiger partial charge in [-0.15, -0.1) is 0 Å². The van der Waals surface area contributed by atoms with E-state index in [9.17, 15) is 9.59 Å². The van der Waals surface area contributed by atoms with Crippen LogP contribution in [-0.2, 0) is 11.3 Å². The van der Waals surface area contributed by atoms with E-state index < -0.39 is 0 Å². The first-order chi connectivity index (χ1) is 14.7. The summed E-state index contributed by atoms with van der Waals surface area (Å²) in [6.45, 7) is 3.51. The van der Waals surface area contributed by atoms with Crippen LogP contribution in [0.3, 0.4) is 0 Å². The molecule has 3 aromatic rings. The van der Waals surface area contributed by atoms with E-state index in [0.717, 1.165) is 11.3 Å². The van der Waals surface area contributed by atoms with Crippen LogP contribution in [0.4, 0.5) is 5.69 Å². The fraction of sp³-hybridized carbons (Fsp3) is 0.261. The van der Waals surface area contributed by atoms with Crippen LogP contribution in [0.2, 0.25) is 0 Å². The van der Waals surface area contributed by atoms with Gasteiger partial charge in [-0.1, -0.05) is 48.5 Å². The summed E-state index contributed by atoms with van der Waals surface area (Å²) in [5.74, 6) is -0.0501. The van der Waals surface area contributed by atoms with Gasteiger partial charge in [0.2, 0.25) is 5.91 Å². The Hall–Kier alpha value is -3.45. The van der Waals surface area contributed by atoms with E-state index >= 15 is 0 Å². The van der Waals surface area contributed by atoms with Crippen molar-refractivity contribution in [1.82, 2.24) is 19.6 Å². The molecule has 0 atom stereocenters. The predicted molar refractivity (Wildman–Crippen MR) is 115 cm³/mol. The number of carbonyl (C=O) groups excluding carboxylic acids is 2. The molecular weight excluding hydrogens is 378 g/mol. The van der Waals surface area contributed by atoms with Crippen LogP contribution >= 0.6 is 0 Å². The van der Waals surface area contributed by atoms with Crippen LogP contribution in [-0.4, -0.2) is 64.1 Å². The SMILES string of the molecule is O=C(CN1CCN(C(=O)c2cnn(Cc3ccccc3)c2)CC1)Nc1ccccc1. The quantitative estimate of drug-likeness (QED) is 0.686. The number of benzene rings is 2. The van der Waals surface area contributed by atoms with E-state index in [0.29, 0.717) is 44.8 Å². The molecule has 1 saturated heterocycles. The molecule has 1 N–H and O–H groups in total. The van der Waals surface area contributed by atoms with Gasteiger partial charge in [-0.05, 0) is 17.7 Å². The fourth-order valence-corrected chi connectivity index (χ4v) is 3.55. The Balaban J connectivity index is 1.26. The highest BCUT2D eigenvalue weighted by Gasteiger charge is 2.24. The van der Waals surface area contributed by atoms with Crippen molar-refractivity contribution >= 4 is 17.5 Å². The highest BCUT2D eigenvalue weighted by atomic mass is 16.2. The molecule has 2 amide bonds. The standard InChI is InChI=1S/C23H25N5O2/c29-22(25-21-9-5-2-6-10-21)18-26-11-13-27(14-12-26)23(30)20-15-24-28(17-20)16-19-7-3-1-4-8-19/h1-10,15,17H,11-14,16,18H2,(H,25,29). The van der Waals surface area contributed by atoms with E-state index in [1.165, 1.54) is 0 Å². The number of aromatic nitrogens is 2. The number of hydrogen-bond acceptors (Lipinski definition) is 4. The van der Waals surface area contributed by atoms with Crippen LogP contribution in [0.1, 0.15) is 15.9 Å². The van der Waals surface area contributed by atoms with Gasteiger partial charge >= 0.3 is 0 Å². The van der Waals surface area contributed by atoms with Crippen molar-refractivity contribution in [3.8, 4) is 0 Å². The Morgan fingerprint density at radius 2 is 1.57 bits per heavy atom. The summed E-state index contributed by atoms with van der Waals surface area (Å²) in [7, 11) is 0. The molecule has 30 heavy (non-hydrogen) atoms. The van der Waals surface area contributed by atoms with Crippen molar-refractivity contribution < 1.29 is 9.59 Å². The summed E-state index contributed by atoms with van der Waals surface area (Å²) in [6.07, 6.45) is 3.43. The fourth-order valence-electron chi connectivity index (χ4n) is 3.55. The van der Waals surface area contributed by atoms with Crippen LogP contribution < -0.4 is 5.32 Å². The number of amides is 2. The molecule has 1 aromatic heterocycles. The number of rotatable bonds is 6. The normalized spacial score (nSPS) is 14.5. The van der Waals surface area contributed by atoms with Crippen molar-refractivity contribution in [1.29, 1.82) is 0 Å². The molecule has 0 bridgehead atoms. The third-order valence-corrected chi connectivity index (χ3v) is 5.15. The number of nitrogens with zero attached hydrogens (tertiary/aromatic N) is 4. The lowest BCUT2D eigenvalue weighted by atomic mass is 10.2. The number of anilines is 1. The summed E-state index contributed by atoms with van der Waals surface area (Å²) >= 11 is 0. The van der Waals surface area contributed by atoms with Gasteiger partial charge < -0.3 is 10.2 Å². The summed E-state index contributed by atoms with van der Waals surface area (Å²) in [5.41, 5.74) is 2.53. The van der Waals surface area contributed by atoms with Crippen LogP contribution in [0.25, 0.3) is 0 Å². The first-order valence-electron chi connectivity index (χ1n) is 10.1. The second-order valence-corrected chi connectivity index (χ2v) is 7.39. The van der Waals surface area contributed by atoms with Gasteiger partial charge in [0, 0.05) is 38.1 Å². The molecule has 0 aliphatic carbocycles. The minimum absolute atomic E-state index is 0.0114. The van der Waals surface area contributed by atoms with E-state index in [1.54, 1.807) is 17.1 Å². The lowest BCUT2D eigenvalue weighted by Crippen LogP contribution is -2.50. The molecule has 2 aromatic carbocycles. The summed E-state index contributed by atoms with van der Waals surface area (Å²) in [5, 5.41) is 7.23. The van der Waals surface area contributed by atoms with E-state index in [1.807, 2.05) is 65.6 Å². The zero-order valence-electron chi connectivity index (χ0n) is 16.8. The number of nitrogens with one attached hydrogen (secondary N) is 1. The number of carbonyl (C=O) groups is 2. The van der Waals surface area contributed by atoms with Gasteiger partial charge in [-0.25, -0.2) is 0 Å². The molecule has 4 rings (SSSR count). The highest BCUT2D eigenvalue weighted by Crippen LogP contribution is 2.11. The van der Waals surface area contributed by atoms with E-state index in [-0.39, 0.29) is 11.8 Å². The Labute approximate surface area is 175 Å². The largest absolute Gasteiger partial charge is 0.336 e. The van der Waals surface area contributed by atoms with Crippen molar-refractivity contribution in [2.24, 2.45) is 0 Å². The van der Waals surface area contributed by atoms with Gasteiger partial charge in [-0.3, -0.25) is 19.2 Å². The molecule has 0 spiro atoms. The Bertz CT molecular complexity index is 979. The van der Waals surface area contributed by atoms with E-state index in [4.69, 9.17) is 0 Å². The number of piperazine rings is 1. The van der Waals surface area contributed by atoms with Crippen LogP contribution in [0, 0.1) is 0 Å². The molecule has 1 fully saturated rings. The first-order valence-corrected chi connectivity index (χ1v) is 10.1. The predicted octanol–water partition coefficient (Wildman–Crippen LogP) is 2.33. The molecule has 1 aliphatic heterocycles.